The molecule has 0 bridgehead atoms. The van der Waals surface area contributed by atoms with E-state index in [0.717, 1.165) is 20.7 Å². The lowest BCUT2D eigenvalue weighted by molar-refractivity contribution is 0.324. The number of benzene rings is 2. The number of rotatable bonds is 7. The molecule has 0 amide bonds. The fourth-order valence-corrected chi connectivity index (χ4v) is 4.14. The number of nitrogens with zero attached hydrogens (tertiary/aromatic N) is 3. The van der Waals surface area contributed by atoms with Gasteiger partial charge in [-0.25, -0.2) is 14.4 Å². The second-order valence-electron chi connectivity index (χ2n) is 6.35. The summed E-state index contributed by atoms with van der Waals surface area (Å²) in [4.78, 5) is 9.59. The van der Waals surface area contributed by atoms with Crippen LogP contribution in [-0.4, -0.2) is 37.5 Å². The maximum absolute atomic E-state index is 13.2. The summed E-state index contributed by atoms with van der Waals surface area (Å²) in [5.41, 5.74) is 5.36. The van der Waals surface area contributed by atoms with E-state index >= 15 is 0 Å². The zero-order valence-corrected chi connectivity index (χ0v) is 17.9. The quantitative estimate of drug-likeness (QED) is 0.324. The molecule has 0 spiro atoms. The van der Waals surface area contributed by atoms with Crippen LogP contribution in [0.25, 0.3) is 20.7 Å². The summed E-state index contributed by atoms with van der Waals surface area (Å²) in [5, 5.41) is 4.31. The molecule has 0 unspecified atom stereocenters. The van der Waals surface area contributed by atoms with Crippen molar-refractivity contribution in [2.45, 2.75) is 0 Å². The Morgan fingerprint density at radius 2 is 1.74 bits per heavy atom. The molecule has 2 heterocycles. The number of hydrazone groups is 1. The largest absolute Gasteiger partial charge is 0.493 e. The van der Waals surface area contributed by atoms with Gasteiger partial charge in [0.25, 0.3) is 0 Å². The Labute approximate surface area is 182 Å². The van der Waals surface area contributed by atoms with Crippen LogP contribution in [0.5, 0.6) is 17.2 Å². The van der Waals surface area contributed by atoms with Crippen molar-refractivity contribution in [1.29, 1.82) is 0 Å². The van der Waals surface area contributed by atoms with Crippen molar-refractivity contribution in [2.24, 2.45) is 5.10 Å². The molecule has 4 aromatic rings. The van der Waals surface area contributed by atoms with Gasteiger partial charge in [0.15, 0.2) is 17.3 Å². The highest BCUT2D eigenvalue weighted by molar-refractivity contribution is 7.22. The normalized spacial score (nSPS) is 11.1. The number of ether oxygens (including phenoxy) is 3. The Morgan fingerprint density at radius 1 is 0.968 bits per heavy atom. The number of halogens is 1. The van der Waals surface area contributed by atoms with Gasteiger partial charge in [0.05, 0.1) is 37.8 Å². The molecular weight excluding hydrogens is 419 g/mol. The number of anilines is 1. The summed E-state index contributed by atoms with van der Waals surface area (Å²) in [5.74, 6) is 1.86. The van der Waals surface area contributed by atoms with Crippen LogP contribution in [0.15, 0.2) is 53.9 Å². The van der Waals surface area contributed by atoms with E-state index in [-0.39, 0.29) is 5.82 Å². The molecule has 0 aliphatic carbocycles. The maximum atomic E-state index is 13.2. The standard InChI is InChI=1S/C22H19FN4O3S/c1-28-17-9-6-14(19(29-2)20(17)30-3)11-26-27-22-21-16(24-12-25-22)10-18(31-21)13-4-7-15(23)8-5-13/h4-12H,1-3H3,(H,24,25,27)/b26-11+. The Hall–Kier alpha value is -3.72. The zero-order valence-electron chi connectivity index (χ0n) is 17.0. The Bertz CT molecular complexity index is 1240. The first-order valence-electron chi connectivity index (χ1n) is 9.23. The summed E-state index contributed by atoms with van der Waals surface area (Å²) in [6, 6.07) is 11.9. The number of methoxy groups -OCH3 is 3. The number of thiophene rings is 1. The summed E-state index contributed by atoms with van der Waals surface area (Å²) in [6.45, 7) is 0. The van der Waals surface area contributed by atoms with Gasteiger partial charge in [-0.1, -0.05) is 12.1 Å². The van der Waals surface area contributed by atoms with Gasteiger partial charge in [0.2, 0.25) is 5.75 Å². The Balaban J connectivity index is 1.62. The van der Waals surface area contributed by atoms with Crippen LogP contribution in [0.4, 0.5) is 10.2 Å². The number of hydrogen-bond acceptors (Lipinski definition) is 8. The molecule has 2 aromatic heterocycles. The van der Waals surface area contributed by atoms with E-state index in [1.54, 1.807) is 45.7 Å². The van der Waals surface area contributed by atoms with Crippen LogP contribution in [0, 0.1) is 5.82 Å². The van der Waals surface area contributed by atoms with Gasteiger partial charge in [-0.05, 0) is 35.9 Å². The highest BCUT2D eigenvalue weighted by atomic mass is 32.1. The molecule has 7 nitrogen and oxygen atoms in total. The molecule has 0 atom stereocenters. The molecule has 31 heavy (non-hydrogen) atoms. The SMILES string of the molecule is COc1ccc(/C=N/Nc2ncnc3cc(-c4ccc(F)cc4)sc23)c(OC)c1OC. The third-order valence-electron chi connectivity index (χ3n) is 4.55. The monoisotopic (exact) mass is 438 g/mol. The average Bonchev–Trinajstić information content (AvgIpc) is 3.24. The average molecular weight is 438 g/mol. The molecule has 0 saturated heterocycles. The third-order valence-corrected chi connectivity index (χ3v) is 5.73. The molecular formula is C22H19FN4O3S. The summed E-state index contributed by atoms with van der Waals surface area (Å²) < 4.78 is 30.2. The third kappa shape index (κ3) is 4.13. The Morgan fingerprint density at radius 3 is 2.45 bits per heavy atom. The molecule has 0 aliphatic rings. The van der Waals surface area contributed by atoms with Crippen LogP contribution < -0.4 is 19.6 Å². The maximum Gasteiger partial charge on any atom is 0.203 e. The summed E-state index contributed by atoms with van der Waals surface area (Å²) in [6.07, 6.45) is 3.08. The van der Waals surface area contributed by atoms with E-state index < -0.39 is 0 Å². The lowest BCUT2D eigenvalue weighted by Crippen LogP contribution is -2.00. The molecule has 9 heteroatoms. The van der Waals surface area contributed by atoms with Gasteiger partial charge in [-0.2, -0.15) is 5.10 Å². The number of fused-ring (bicyclic) bond motifs is 1. The van der Waals surface area contributed by atoms with Crippen LogP contribution in [0.2, 0.25) is 0 Å². The second-order valence-corrected chi connectivity index (χ2v) is 7.40. The minimum Gasteiger partial charge on any atom is -0.493 e. The van der Waals surface area contributed by atoms with E-state index in [2.05, 4.69) is 20.5 Å². The van der Waals surface area contributed by atoms with Crippen molar-refractivity contribution < 1.29 is 18.6 Å². The highest BCUT2D eigenvalue weighted by Crippen LogP contribution is 2.39. The van der Waals surface area contributed by atoms with Crippen molar-refractivity contribution >= 4 is 33.6 Å². The molecule has 0 aliphatic heterocycles. The van der Waals surface area contributed by atoms with Gasteiger partial charge < -0.3 is 14.2 Å². The first-order valence-corrected chi connectivity index (χ1v) is 10.0. The smallest absolute Gasteiger partial charge is 0.203 e. The first-order chi connectivity index (χ1) is 15.1. The van der Waals surface area contributed by atoms with E-state index in [1.165, 1.54) is 29.8 Å². The topological polar surface area (TPSA) is 77.9 Å². The van der Waals surface area contributed by atoms with Crippen molar-refractivity contribution in [3.05, 3.63) is 60.2 Å². The van der Waals surface area contributed by atoms with Crippen molar-refractivity contribution in [1.82, 2.24) is 9.97 Å². The van der Waals surface area contributed by atoms with Gasteiger partial charge >= 0.3 is 0 Å². The fourth-order valence-electron chi connectivity index (χ4n) is 3.08. The fraction of sp³-hybridized carbons (Fsp3) is 0.136. The predicted molar refractivity (Wildman–Crippen MR) is 120 cm³/mol. The van der Waals surface area contributed by atoms with Crippen molar-refractivity contribution in [2.75, 3.05) is 26.8 Å². The van der Waals surface area contributed by atoms with Crippen LogP contribution >= 0.6 is 11.3 Å². The lowest BCUT2D eigenvalue weighted by atomic mass is 10.2. The van der Waals surface area contributed by atoms with E-state index in [4.69, 9.17) is 14.2 Å². The van der Waals surface area contributed by atoms with Crippen LogP contribution in [-0.2, 0) is 0 Å². The van der Waals surface area contributed by atoms with Gasteiger partial charge in [0, 0.05) is 10.4 Å². The van der Waals surface area contributed by atoms with Gasteiger partial charge in [-0.15, -0.1) is 11.3 Å². The first kappa shape index (κ1) is 20.5. The minimum absolute atomic E-state index is 0.271. The van der Waals surface area contributed by atoms with Crippen LogP contribution in [0.3, 0.4) is 0 Å². The molecule has 0 fully saturated rings. The zero-order chi connectivity index (χ0) is 21.8. The number of aromatic nitrogens is 2. The minimum atomic E-state index is -0.271. The lowest BCUT2D eigenvalue weighted by Gasteiger charge is -2.13. The highest BCUT2D eigenvalue weighted by Gasteiger charge is 2.15. The number of nitrogens with one attached hydrogen (secondary N) is 1. The van der Waals surface area contributed by atoms with Crippen molar-refractivity contribution in [3.8, 4) is 27.7 Å². The number of hydrogen-bond donors (Lipinski definition) is 1. The van der Waals surface area contributed by atoms with Gasteiger partial charge in [0.1, 0.15) is 12.1 Å². The Kier molecular flexibility index (Phi) is 5.94. The van der Waals surface area contributed by atoms with E-state index in [9.17, 15) is 4.39 Å². The summed E-state index contributed by atoms with van der Waals surface area (Å²) >= 11 is 1.50. The molecule has 2 aromatic carbocycles. The van der Waals surface area contributed by atoms with Crippen LogP contribution in [0.1, 0.15) is 5.56 Å². The van der Waals surface area contributed by atoms with Gasteiger partial charge in [-0.3, -0.25) is 5.43 Å². The molecule has 158 valence electrons. The van der Waals surface area contributed by atoms with E-state index in [1.807, 2.05) is 12.1 Å². The molecule has 0 radical (unpaired) electrons. The molecule has 0 saturated carbocycles. The predicted octanol–water partition coefficient (Wildman–Crippen LogP) is 4.97. The molecule has 1 N–H and O–H groups in total. The second kappa shape index (κ2) is 8.97. The molecule has 4 rings (SSSR count). The van der Waals surface area contributed by atoms with Crippen molar-refractivity contribution in [3.63, 3.8) is 0 Å². The summed E-state index contributed by atoms with van der Waals surface area (Å²) in [7, 11) is 4.67. The van der Waals surface area contributed by atoms with E-state index in [0.29, 0.717) is 28.6 Å².